The number of anilines is 1. The van der Waals surface area contributed by atoms with Crippen LogP contribution in [0.4, 0.5) is 5.69 Å². The Morgan fingerprint density at radius 3 is 2.78 bits per heavy atom. The molecule has 1 aliphatic heterocycles. The molecule has 0 unspecified atom stereocenters. The van der Waals surface area contributed by atoms with Gasteiger partial charge >= 0.3 is 0 Å². The minimum absolute atomic E-state index is 0.0986. The molecule has 1 aromatic rings. The molecule has 1 heterocycles. The van der Waals surface area contributed by atoms with Crippen LogP contribution in [-0.4, -0.2) is 31.4 Å². The Labute approximate surface area is 141 Å². The van der Waals surface area contributed by atoms with Gasteiger partial charge in [-0.3, -0.25) is 9.59 Å². The molecule has 0 fully saturated rings. The summed E-state index contributed by atoms with van der Waals surface area (Å²) < 4.78 is 0. The third-order valence-corrected chi connectivity index (χ3v) is 3.97. The van der Waals surface area contributed by atoms with Crippen molar-refractivity contribution in [3.8, 4) is 0 Å². The van der Waals surface area contributed by atoms with E-state index in [9.17, 15) is 9.59 Å². The van der Waals surface area contributed by atoms with Gasteiger partial charge in [0.05, 0.1) is 10.6 Å². The van der Waals surface area contributed by atoms with Gasteiger partial charge in [0.1, 0.15) is 0 Å². The van der Waals surface area contributed by atoms with E-state index in [0.717, 1.165) is 19.5 Å². The van der Waals surface area contributed by atoms with Crippen molar-refractivity contribution in [3.63, 3.8) is 0 Å². The van der Waals surface area contributed by atoms with Crippen molar-refractivity contribution in [2.24, 2.45) is 5.92 Å². The molecule has 2 rings (SSSR count). The highest BCUT2D eigenvalue weighted by atomic mass is 35.5. The van der Waals surface area contributed by atoms with Crippen LogP contribution in [0.15, 0.2) is 29.8 Å². The van der Waals surface area contributed by atoms with Crippen LogP contribution < -0.4 is 16.0 Å². The van der Waals surface area contributed by atoms with Crippen molar-refractivity contribution in [2.75, 3.05) is 25.0 Å². The Balaban J connectivity index is 2.03. The van der Waals surface area contributed by atoms with E-state index in [1.807, 2.05) is 13.8 Å². The Bertz CT molecular complexity index is 626. The summed E-state index contributed by atoms with van der Waals surface area (Å²) in [5, 5.41) is 9.25. The smallest absolute Gasteiger partial charge is 0.253 e. The maximum atomic E-state index is 12.3. The molecule has 3 N–H and O–H groups in total. The SMILES string of the molecule is CC(C)C(=O)Nc1ccc(Cl)c(C(=O)NCC2=CCNCC2)c1. The number of carbonyl (C=O) groups excluding carboxylic acids is 2. The molecule has 0 aromatic heterocycles. The minimum Gasteiger partial charge on any atom is -0.348 e. The molecule has 0 radical (unpaired) electrons. The average Bonchev–Trinajstić information content (AvgIpc) is 2.55. The molecule has 0 saturated heterocycles. The van der Waals surface area contributed by atoms with Gasteiger partial charge in [-0.05, 0) is 31.2 Å². The fourth-order valence-electron chi connectivity index (χ4n) is 2.18. The van der Waals surface area contributed by atoms with Crippen LogP contribution in [-0.2, 0) is 4.79 Å². The number of rotatable bonds is 5. The number of hydrogen-bond acceptors (Lipinski definition) is 3. The Morgan fingerprint density at radius 2 is 2.13 bits per heavy atom. The first-order chi connectivity index (χ1) is 11.0. The lowest BCUT2D eigenvalue weighted by Crippen LogP contribution is -2.29. The summed E-state index contributed by atoms with van der Waals surface area (Å²) in [7, 11) is 0. The van der Waals surface area contributed by atoms with Crippen LogP contribution in [0.3, 0.4) is 0 Å². The van der Waals surface area contributed by atoms with Crippen LogP contribution in [0.5, 0.6) is 0 Å². The molecule has 0 aliphatic carbocycles. The largest absolute Gasteiger partial charge is 0.348 e. The fourth-order valence-corrected chi connectivity index (χ4v) is 2.39. The first-order valence-electron chi connectivity index (χ1n) is 7.74. The summed E-state index contributed by atoms with van der Waals surface area (Å²) in [6, 6.07) is 4.92. The molecule has 2 amide bonds. The summed E-state index contributed by atoms with van der Waals surface area (Å²) in [4.78, 5) is 24.1. The number of carbonyl (C=O) groups is 2. The molecule has 23 heavy (non-hydrogen) atoms. The summed E-state index contributed by atoms with van der Waals surface area (Å²) >= 11 is 6.11. The van der Waals surface area contributed by atoms with E-state index in [1.165, 1.54) is 5.57 Å². The van der Waals surface area contributed by atoms with Crippen molar-refractivity contribution in [2.45, 2.75) is 20.3 Å². The van der Waals surface area contributed by atoms with E-state index in [1.54, 1.807) is 18.2 Å². The average molecular weight is 336 g/mol. The van der Waals surface area contributed by atoms with Crippen LogP contribution in [0.25, 0.3) is 0 Å². The molecule has 124 valence electrons. The molecule has 0 saturated carbocycles. The minimum atomic E-state index is -0.241. The van der Waals surface area contributed by atoms with Gasteiger partial charge in [-0.2, -0.15) is 0 Å². The van der Waals surface area contributed by atoms with Crippen molar-refractivity contribution < 1.29 is 9.59 Å². The van der Waals surface area contributed by atoms with Gasteiger partial charge in [0, 0.05) is 24.7 Å². The number of halogens is 1. The van der Waals surface area contributed by atoms with Crippen molar-refractivity contribution in [1.29, 1.82) is 0 Å². The number of hydrogen-bond donors (Lipinski definition) is 3. The highest BCUT2D eigenvalue weighted by Gasteiger charge is 2.14. The van der Waals surface area contributed by atoms with Gasteiger partial charge in [-0.1, -0.05) is 37.1 Å². The van der Waals surface area contributed by atoms with Crippen molar-refractivity contribution in [3.05, 3.63) is 40.4 Å². The van der Waals surface area contributed by atoms with Gasteiger partial charge in [-0.25, -0.2) is 0 Å². The molecule has 0 bridgehead atoms. The normalized spacial score (nSPS) is 14.3. The van der Waals surface area contributed by atoms with E-state index < -0.39 is 0 Å². The van der Waals surface area contributed by atoms with Crippen molar-refractivity contribution in [1.82, 2.24) is 10.6 Å². The molecular weight excluding hydrogens is 314 g/mol. The predicted octanol–water partition coefficient (Wildman–Crippen LogP) is 2.58. The molecule has 0 spiro atoms. The molecule has 0 atom stereocenters. The lowest BCUT2D eigenvalue weighted by molar-refractivity contribution is -0.118. The quantitative estimate of drug-likeness (QED) is 0.724. The first-order valence-corrected chi connectivity index (χ1v) is 8.12. The zero-order valence-electron chi connectivity index (χ0n) is 13.4. The fraction of sp³-hybridized carbons (Fsp3) is 0.412. The summed E-state index contributed by atoms with van der Waals surface area (Å²) in [6.07, 6.45) is 3.02. The monoisotopic (exact) mass is 335 g/mol. The van der Waals surface area contributed by atoms with E-state index in [-0.39, 0.29) is 17.7 Å². The molecular formula is C17H22ClN3O2. The van der Waals surface area contributed by atoms with E-state index in [0.29, 0.717) is 22.8 Å². The number of benzene rings is 1. The Kier molecular flexibility index (Phi) is 6.19. The van der Waals surface area contributed by atoms with Crippen LogP contribution >= 0.6 is 11.6 Å². The third kappa shape index (κ3) is 5.08. The van der Waals surface area contributed by atoms with Gasteiger partial charge in [0.25, 0.3) is 5.91 Å². The standard InChI is InChI=1S/C17H22ClN3O2/c1-11(2)16(22)21-13-3-4-15(18)14(9-13)17(23)20-10-12-5-7-19-8-6-12/h3-5,9,11,19H,6-8,10H2,1-2H3,(H,20,23)(H,21,22). The summed E-state index contributed by atoms with van der Waals surface area (Å²) in [6.45, 7) is 5.90. The molecule has 1 aromatic carbocycles. The topological polar surface area (TPSA) is 70.2 Å². The maximum absolute atomic E-state index is 12.3. The van der Waals surface area contributed by atoms with Gasteiger partial charge in [-0.15, -0.1) is 0 Å². The number of amides is 2. The first kappa shape index (κ1) is 17.5. The Hall–Kier alpha value is -1.85. The second kappa shape index (κ2) is 8.13. The highest BCUT2D eigenvalue weighted by Crippen LogP contribution is 2.21. The van der Waals surface area contributed by atoms with Crippen LogP contribution in [0, 0.1) is 5.92 Å². The van der Waals surface area contributed by atoms with Gasteiger partial charge in [0.15, 0.2) is 0 Å². The van der Waals surface area contributed by atoms with Crippen LogP contribution in [0.2, 0.25) is 5.02 Å². The third-order valence-electron chi connectivity index (χ3n) is 3.64. The maximum Gasteiger partial charge on any atom is 0.253 e. The van der Waals surface area contributed by atoms with E-state index in [2.05, 4.69) is 22.0 Å². The predicted molar refractivity (Wildman–Crippen MR) is 92.8 cm³/mol. The van der Waals surface area contributed by atoms with Gasteiger partial charge in [0.2, 0.25) is 5.91 Å². The van der Waals surface area contributed by atoms with E-state index in [4.69, 9.17) is 11.6 Å². The van der Waals surface area contributed by atoms with Gasteiger partial charge < -0.3 is 16.0 Å². The lowest BCUT2D eigenvalue weighted by Gasteiger charge is -2.15. The van der Waals surface area contributed by atoms with E-state index >= 15 is 0 Å². The second-order valence-corrected chi connectivity index (χ2v) is 6.24. The molecule has 1 aliphatic rings. The van der Waals surface area contributed by atoms with Crippen molar-refractivity contribution >= 4 is 29.1 Å². The zero-order valence-corrected chi connectivity index (χ0v) is 14.2. The zero-order chi connectivity index (χ0) is 16.8. The Morgan fingerprint density at radius 1 is 1.35 bits per heavy atom. The lowest BCUT2D eigenvalue weighted by atomic mass is 10.1. The highest BCUT2D eigenvalue weighted by molar-refractivity contribution is 6.34. The second-order valence-electron chi connectivity index (χ2n) is 5.84. The summed E-state index contributed by atoms with van der Waals surface area (Å²) in [5.74, 6) is -0.469. The molecule has 6 heteroatoms. The van der Waals surface area contributed by atoms with Crippen LogP contribution in [0.1, 0.15) is 30.6 Å². The summed E-state index contributed by atoms with van der Waals surface area (Å²) in [5.41, 5.74) is 2.14. The number of nitrogens with one attached hydrogen (secondary N) is 3. The molecule has 5 nitrogen and oxygen atoms in total.